The van der Waals surface area contributed by atoms with Gasteiger partial charge in [-0.3, -0.25) is 4.18 Å². The summed E-state index contributed by atoms with van der Waals surface area (Å²) >= 11 is 6.17. The molecular weight excluding hydrogens is 370 g/mol. The summed E-state index contributed by atoms with van der Waals surface area (Å²) in [5.74, 6) is 0.763. The van der Waals surface area contributed by atoms with Crippen LogP contribution in [0.1, 0.15) is 31.5 Å². The maximum atomic E-state index is 11.2. The van der Waals surface area contributed by atoms with Crippen molar-refractivity contribution in [2.45, 2.75) is 38.5 Å². The van der Waals surface area contributed by atoms with Crippen LogP contribution < -0.4 is 4.90 Å². The molecule has 1 aromatic rings. The zero-order chi connectivity index (χ0) is 18.2. The van der Waals surface area contributed by atoms with Crippen molar-refractivity contribution in [3.05, 3.63) is 16.5 Å². The molecule has 0 saturated carbocycles. The molecule has 0 N–H and O–H groups in total. The van der Waals surface area contributed by atoms with Gasteiger partial charge in [0.1, 0.15) is 11.4 Å². The van der Waals surface area contributed by atoms with Crippen molar-refractivity contribution in [2.24, 2.45) is 0 Å². The van der Waals surface area contributed by atoms with E-state index in [0.717, 1.165) is 24.2 Å². The van der Waals surface area contributed by atoms with Crippen LogP contribution in [0.3, 0.4) is 0 Å². The third kappa shape index (κ3) is 4.06. The first-order chi connectivity index (χ1) is 11.7. The van der Waals surface area contributed by atoms with Gasteiger partial charge < -0.3 is 14.4 Å². The summed E-state index contributed by atoms with van der Waals surface area (Å²) in [7, 11) is -3.50. The molecular formula is C15H22ClN3O5S. The van der Waals surface area contributed by atoms with E-state index in [1.54, 1.807) is 0 Å². The van der Waals surface area contributed by atoms with Gasteiger partial charge in [0.15, 0.2) is 0 Å². The molecule has 2 unspecified atom stereocenters. The van der Waals surface area contributed by atoms with Crippen molar-refractivity contribution in [2.75, 3.05) is 37.5 Å². The monoisotopic (exact) mass is 391 g/mol. The summed E-state index contributed by atoms with van der Waals surface area (Å²) in [6.45, 7) is 6.25. The zero-order valence-corrected chi connectivity index (χ0v) is 16.1. The second-order valence-corrected chi connectivity index (χ2v) is 8.54. The first-order valence-corrected chi connectivity index (χ1v) is 10.3. The molecule has 10 heteroatoms. The van der Waals surface area contributed by atoms with E-state index in [-0.39, 0.29) is 17.9 Å². The smallest absolute Gasteiger partial charge is 0.264 e. The summed E-state index contributed by atoms with van der Waals surface area (Å²) in [4.78, 5) is 10.9. The fraction of sp³-hybridized carbons (Fsp3) is 0.733. The Morgan fingerprint density at radius 1 is 1.44 bits per heavy atom. The van der Waals surface area contributed by atoms with E-state index >= 15 is 0 Å². The number of halogens is 1. The number of ether oxygens (including phenoxy) is 2. The lowest BCUT2D eigenvalue weighted by Crippen LogP contribution is -2.44. The number of fused-ring (bicyclic) bond motifs is 1. The van der Waals surface area contributed by atoms with Crippen molar-refractivity contribution in [1.29, 1.82) is 0 Å². The zero-order valence-electron chi connectivity index (χ0n) is 14.5. The first-order valence-electron chi connectivity index (χ1n) is 8.09. The van der Waals surface area contributed by atoms with Gasteiger partial charge in [-0.1, -0.05) is 0 Å². The highest BCUT2D eigenvalue weighted by atomic mass is 35.5. The number of hydrogen-bond acceptors (Lipinski definition) is 8. The Morgan fingerprint density at radius 3 is 2.88 bits per heavy atom. The van der Waals surface area contributed by atoms with Crippen LogP contribution >= 0.6 is 11.6 Å². The third-order valence-corrected chi connectivity index (χ3v) is 5.27. The Bertz CT molecular complexity index is 760. The first kappa shape index (κ1) is 18.8. The maximum Gasteiger partial charge on any atom is 0.264 e. The van der Waals surface area contributed by atoms with E-state index in [9.17, 15) is 8.42 Å². The SMILES string of the molecule is CC1COCCN1c1nc(Cl)nc2c1COC2(C)CCOS(C)(=O)=O. The largest absolute Gasteiger partial charge is 0.377 e. The lowest BCUT2D eigenvalue weighted by Gasteiger charge is -2.35. The Hall–Kier alpha value is -1.00. The topological polar surface area (TPSA) is 90.8 Å². The molecule has 3 heterocycles. The van der Waals surface area contributed by atoms with E-state index in [4.69, 9.17) is 25.3 Å². The molecule has 0 aromatic carbocycles. The van der Waals surface area contributed by atoms with E-state index in [0.29, 0.717) is 31.9 Å². The fourth-order valence-corrected chi connectivity index (χ4v) is 3.72. The minimum absolute atomic E-state index is 0.0136. The van der Waals surface area contributed by atoms with Gasteiger partial charge in [-0.15, -0.1) is 0 Å². The number of morpholine rings is 1. The highest BCUT2D eigenvalue weighted by molar-refractivity contribution is 7.85. The average molecular weight is 392 g/mol. The van der Waals surface area contributed by atoms with E-state index in [2.05, 4.69) is 21.8 Å². The normalized spacial score (nSPS) is 26.7. The Morgan fingerprint density at radius 2 is 2.20 bits per heavy atom. The average Bonchev–Trinajstić information content (AvgIpc) is 2.83. The molecule has 1 fully saturated rings. The fourth-order valence-electron chi connectivity index (χ4n) is 3.17. The van der Waals surface area contributed by atoms with Gasteiger partial charge in [0.05, 0.1) is 44.4 Å². The van der Waals surface area contributed by atoms with E-state index in [1.807, 2.05) is 6.92 Å². The second-order valence-electron chi connectivity index (χ2n) is 6.56. The lowest BCUT2D eigenvalue weighted by atomic mass is 9.97. The second kappa shape index (κ2) is 6.96. The summed E-state index contributed by atoms with van der Waals surface area (Å²) in [6, 6.07) is 0.171. The predicted octanol–water partition coefficient (Wildman–Crippen LogP) is 1.47. The molecule has 0 radical (unpaired) electrons. The summed E-state index contributed by atoms with van der Waals surface area (Å²) in [5.41, 5.74) is 0.815. The number of rotatable bonds is 5. The summed E-state index contributed by atoms with van der Waals surface area (Å²) in [6.07, 6.45) is 1.37. The van der Waals surface area contributed by atoms with Crippen LogP contribution in [0.2, 0.25) is 5.28 Å². The molecule has 0 bridgehead atoms. The summed E-state index contributed by atoms with van der Waals surface area (Å²) in [5, 5.41) is 0.146. The number of nitrogens with zero attached hydrogens (tertiary/aromatic N) is 3. The predicted molar refractivity (Wildman–Crippen MR) is 92.2 cm³/mol. The number of aromatic nitrogens is 2. The van der Waals surface area contributed by atoms with Crippen molar-refractivity contribution in [3.63, 3.8) is 0 Å². The van der Waals surface area contributed by atoms with Crippen LogP contribution in [-0.2, 0) is 36.0 Å². The van der Waals surface area contributed by atoms with Crippen LogP contribution in [0.5, 0.6) is 0 Å². The molecule has 2 aliphatic heterocycles. The molecule has 2 aliphatic rings. The Balaban J connectivity index is 1.89. The van der Waals surface area contributed by atoms with Gasteiger partial charge in [0, 0.05) is 18.5 Å². The molecule has 0 aliphatic carbocycles. The molecule has 8 nitrogen and oxygen atoms in total. The summed E-state index contributed by atoms with van der Waals surface area (Å²) < 4.78 is 38.6. The van der Waals surface area contributed by atoms with Crippen molar-refractivity contribution in [1.82, 2.24) is 9.97 Å². The maximum absolute atomic E-state index is 11.2. The highest BCUT2D eigenvalue weighted by Gasteiger charge is 2.41. The molecule has 3 rings (SSSR count). The molecule has 2 atom stereocenters. The van der Waals surface area contributed by atoms with Gasteiger partial charge >= 0.3 is 0 Å². The van der Waals surface area contributed by atoms with Gasteiger partial charge in [0.2, 0.25) is 5.28 Å². The Labute approximate surface area is 152 Å². The van der Waals surface area contributed by atoms with Crippen LogP contribution in [0.15, 0.2) is 0 Å². The van der Waals surface area contributed by atoms with E-state index in [1.165, 1.54) is 0 Å². The van der Waals surface area contributed by atoms with Crippen molar-refractivity contribution in [3.8, 4) is 0 Å². The standard InChI is InChI=1S/C15H22ClN3O5S/c1-10-8-22-7-5-19(10)13-11-9-23-15(2,4-6-24-25(3,20)21)12(11)17-14(16)18-13/h10H,4-9H2,1-3H3. The molecule has 0 amide bonds. The lowest BCUT2D eigenvalue weighted by molar-refractivity contribution is -0.0386. The van der Waals surface area contributed by atoms with Crippen LogP contribution in [0.4, 0.5) is 5.82 Å². The minimum atomic E-state index is -3.50. The van der Waals surface area contributed by atoms with Crippen LogP contribution in [-0.4, -0.2) is 57.0 Å². The van der Waals surface area contributed by atoms with Gasteiger partial charge in [-0.25, -0.2) is 9.97 Å². The third-order valence-electron chi connectivity index (χ3n) is 4.51. The number of anilines is 1. The quantitative estimate of drug-likeness (QED) is 0.550. The van der Waals surface area contributed by atoms with Crippen molar-refractivity contribution < 1.29 is 22.1 Å². The van der Waals surface area contributed by atoms with Crippen LogP contribution in [0, 0.1) is 0 Å². The van der Waals surface area contributed by atoms with Crippen molar-refractivity contribution >= 4 is 27.5 Å². The molecule has 140 valence electrons. The molecule has 1 aromatic heterocycles. The van der Waals surface area contributed by atoms with Gasteiger partial charge in [-0.05, 0) is 25.4 Å². The molecule has 1 saturated heterocycles. The van der Waals surface area contributed by atoms with Gasteiger partial charge in [0.25, 0.3) is 10.1 Å². The molecule has 0 spiro atoms. The minimum Gasteiger partial charge on any atom is -0.377 e. The highest BCUT2D eigenvalue weighted by Crippen LogP contribution is 2.42. The molecule has 25 heavy (non-hydrogen) atoms. The van der Waals surface area contributed by atoms with E-state index < -0.39 is 15.7 Å². The van der Waals surface area contributed by atoms with Crippen LogP contribution in [0.25, 0.3) is 0 Å². The van der Waals surface area contributed by atoms with Gasteiger partial charge in [-0.2, -0.15) is 8.42 Å². The number of hydrogen-bond donors (Lipinski definition) is 0. The Kier molecular flexibility index (Phi) is 5.23.